The summed E-state index contributed by atoms with van der Waals surface area (Å²) >= 11 is 5.64. The molecule has 1 aromatic rings. The number of pyridine rings is 1. The topological polar surface area (TPSA) is 62.2 Å². The predicted octanol–water partition coefficient (Wildman–Crippen LogP) is 3.03. The largest absolute Gasteiger partial charge is 0.481 e. The summed E-state index contributed by atoms with van der Waals surface area (Å²) in [5.41, 5.74) is -0.955. The number of halogens is 4. The van der Waals surface area contributed by atoms with Gasteiger partial charge in [-0.3, -0.25) is 4.79 Å². The molecule has 0 amide bonds. The van der Waals surface area contributed by atoms with Gasteiger partial charge in [-0.15, -0.1) is 0 Å². The summed E-state index contributed by atoms with van der Waals surface area (Å²) in [5.74, 6) is -1.00. The molecule has 0 spiro atoms. The number of rotatable bonds is 4. The lowest BCUT2D eigenvalue weighted by molar-refractivity contribution is -0.138. The van der Waals surface area contributed by atoms with Crippen LogP contribution in [0.3, 0.4) is 0 Å². The number of aliphatic carboxylic acids is 1. The van der Waals surface area contributed by atoms with E-state index in [1.165, 1.54) is 0 Å². The maximum atomic E-state index is 12.3. The fraction of sp³-hybridized carbons (Fsp3) is 0.400. The number of hydrogen-bond donors (Lipinski definition) is 2. The summed E-state index contributed by atoms with van der Waals surface area (Å²) in [5, 5.41) is 11.0. The molecule has 4 nitrogen and oxygen atoms in total. The predicted molar refractivity (Wildman–Crippen MR) is 59.6 cm³/mol. The summed E-state index contributed by atoms with van der Waals surface area (Å²) in [4.78, 5) is 14.0. The van der Waals surface area contributed by atoms with E-state index in [9.17, 15) is 18.0 Å². The minimum Gasteiger partial charge on any atom is -0.481 e. The molecule has 8 heteroatoms. The van der Waals surface area contributed by atoms with Crippen LogP contribution in [0, 0.1) is 0 Å². The molecule has 0 aromatic carbocycles. The Hall–Kier alpha value is -1.50. The number of nitrogens with zero attached hydrogens (tertiary/aromatic N) is 1. The molecule has 1 atom stereocenters. The van der Waals surface area contributed by atoms with Crippen LogP contribution in [-0.2, 0) is 11.0 Å². The molecule has 1 unspecified atom stereocenters. The standard InChI is InChI=1S/C10H10ClF3N2O2/c1-5(2-8(17)18)16-9-7(11)3-6(4-15-9)10(12,13)14/h3-5H,2H2,1H3,(H,15,16)(H,17,18). The Morgan fingerprint density at radius 3 is 2.67 bits per heavy atom. The van der Waals surface area contributed by atoms with Crippen molar-refractivity contribution in [3.05, 3.63) is 22.8 Å². The second-order valence-electron chi connectivity index (χ2n) is 3.70. The molecule has 0 radical (unpaired) electrons. The maximum absolute atomic E-state index is 12.3. The van der Waals surface area contributed by atoms with Crippen molar-refractivity contribution in [2.45, 2.75) is 25.6 Å². The molecular formula is C10H10ClF3N2O2. The summed E-state index contributed by atoms with van der Waals surface area (Å²) in [6.45, 7) is 1.56. The van der Waals surface area contributed by atoms with E-state index >= 15 is 0 Å². The Labute approximate surface area is 106 Å². The van der Waals surface area contributed by atoms with Crippen LogP contribution in [-0.4, -0.2) is 22.1 Å². The highest BCUT2D eigenvalue weighted by Gasteiger charge is 2.31. The van der Waals surface area contributed by atoms with Crippen LogP contribution in [0.15, 0.2) is 12.3 Å². The first-order valence-corrected chi connectivity index (χ1v) is 5.29. The van der Waals surface area contributed by atoms with Gasteiger partial charge in [0.2, 0.25) is 0 Å². The number of carboxylic acid groups (broad SMARTS) is 1. The average molecular weight is 283 g/mol. The molecule has 0 bridgehead atoms. The van der Waals surface area contributed by atoms with E-state index in [0.29, 0.717) is 6.20 Å². The number of carboxylic acids is 1. The van der Waals surface area contributed by atoms with Gasteiger partial charge in [0.05, 0.1) is 17.0 Å². The molecule has 1 aromatic heterocycles. The third kappa shape index (κ3) is 4.06. The van der Waals surface area contributed by atoms with E-state index in [-0.39, 0.29) is 17.3 Å². The molecule has 0 saturated carbocycles. The summed E-state index contributed by atoms with van der Waals surface area (Å²) in [7, 11) is 0. The van der Waals surface area contributed by atoms with Gasteiger partial charge >= 0.3 is 12.1 Å². The number of nitrogens with one attached hydrogen (secondary N) is 1. The van der Waals surface area contributed by atoms with Gasteiger partial charge in [-0.25, -0.2) is 4.98 Å². The third-order valence-corrected chi connectivity index (χ3v) is 2.32. The summed E-state index contributed by atoms with van der Waals surface area (Å²) in [6, 6.07) is 0.244. The molecule has 0 saturated heterocycles. The van der Waals surface area contributed by atoms with Gasteiger partial charge in [0.15, 0.2) is 0 Å². The highest BCUT2D eigenvalue weighted by molar-refractivity contribution is 6.33. The quantitative estimate of drug-likeness (QED) is 0.891. The van der Waals surface area contributed by atoms with E-state index in [0.717, 1.165) is 6.07 Å². The van der Waals surface area contributed by atoms with Crippen molar-refractivity contribution in [3.63, 3.8) is 0 Å². The number of anilines is 1. The van der Waals surface area contributed by atoms with Gasteiger partial charge in [-0.1, -0.05) is 11.6 Å². The number of carbonyl (C=O) groups is 1. The molecule has 0 aliphatic carbocycles. The van der Waals surface area contributed by atoms with Crippen LogP contribution < -0.4 is 5.32 Å². The number of hydrogen-bond acceptors (Lipinski definition) is 3. The van der Waals surface area contributed by atoms with Crippen molar-refractivity contribution >= 4 is 23.4 Å². The highest BCUT2D eigenvalue weighted by Crippen LogP contribution is 2.32. The van der Waals surface area contributed by atoms with Crippen molar-refractivity contribution in [3.8, 4) is 0 Å². The molecule has 0 aliphatic heterocycles. The van der Waals surface area contributed by atoms with Crippen LogP contribution in [0.2, 0.25) is 5.02 Å². The molecule has 0 aliphatic rings. The SMILES string of the molecule is CC(CC(=O)O)Nc1ncc(C(F)(F)F)cc1Cl. The van der Waals surface area contributed by atoms with Crippen molar-refractivity contribution < 1.29 is 23.1 Å². The molecular weight excluding hydrogens is 273 g/mol. The first kappa shape index (κ1) is 14.6. The van der Waals surface area contributed by atoms with Crippen molar-refractivity contribution in [1.82, 2.24) is 4.98 Å². The van der Waals surface area contributed by atoms with Crippen LogP contribution in [0.25, 0.3) is 0 Å². The van der Waals surface area contributed by atoms with Crippen molar-refractivity contribution in [2.75, 3.05) is 5.32 Å². The second kappa shape index (κ2) is 5.43. The molecule has 2 N–H and O–H groups in total. The summed E-state index contributed by atoms with van der Waals surface area (Å²) in [6.07, 6.45) is -4.07. The fourth-order valence-electron chi connectivity index (χ4n) is 1.25. The highest BCUT2D eigenvalue weighted by atomic mass is 35.5. The van der Waals surface area contributed by atoms with Crippen LogP contribution >= 0.6 is 11.6 Å². The first-order chi connectivity index (χ1) is 8.20. The zero-order valence-corrected chi connectivity index (χ0v) is 10.0. The molecule has 1 rings (SSSR count). The second-order valence-corrected chi connectivity index (χ2v) is 4.10. The third-order valence-electron chi connectivity index (χ3n) is 2.03. The van der Waals surface area contributed by atoms with Gasteiger partial charge in [-0.05, 0) is 13.0 Å². The molecule has 18 heavy (non-hydrogen) atoms. The number of alkyl halides is 3. The Balaban J connectivity index is 2.83. The number of aromatic nitrogens is 1. The normalized spacial score (nSPS) is 13.2. The minimum atomic E-state index is -4.51. The molecule has 0 fully saturated rings. The summed E-state index contributed by atoms with van der Waals surface area (Å²) < 4.78 is 37.0. The van der Waals surface area contributed by atoms with E-state index in [2.05, 4.69) is 10.3 Å². The monoisotopic (exact) mass is 282 g/mol. The maximum Gasteiger partial charge on any atom is 0.417 e. The molecule has 1 heterocycles. The fourth-order valence-corrected chi connectivity index (χ4v) is 1.47. The first-order valence-electron chi connectivity index (χ1n) is 4.91. The smallest absolute Gasteiger partial charge is 0.417 e. The van der Waals surface area contributed by atoms with Gasteiger partial charge in [0, 0.05) is 12.2 Å². The van der Waals surface area contributed by atoms with Gasteiger partial charge in [0.1, 0.15) is 5.82 Å². The van der Waals surface area contributed by atoms with Gasteiger partial charge in [-0.2, -0.15) is 13.2 Å². The average Bonchev–Trinajstić information content (AvgIpc) is 2.18. The van der Waals surface area contributed by atoms with Crippen molar-refractivity contribution in [2.24, 2.45) is 0 Å². The van der Waals surface area contributed by atoms with E-state index in [1.54, 1.807) is 6.92 Å². The van der Waals surface area contributed by atoms with E-state index < -0.39 is 23.8 Å². The lowest BCUT2D eigenvalue weighted by atomic mass is 10.2. The van der Waals surface area contributed by atoms with E-state index in [1.807, 2.05) is 0 Å². The van der Waals surface area contributed by atoms with E-state index in [4.69, 9.17) is 16.7 Å². The lowest BCUT2D eigenvalue weighted by Crippen LogP contribution is -2.20. The Morgan fingerprint density at radius 2 is 2.22 bits per heavy atom. The Kier molecular flexibility index (Phi) is 4.39. The Bertz CT molecular complexity index is 451. The van der Waals surface area contributed by atoms with Gasteiger partial charge in [0.25, 0.3) is 0 Å². The Morgan fingerprint density at radius 1 is 1.61 bits per heavy atom. The zero-order chi connectivity index (χ0) is 13.9. The minimum absolute atomic E-state index is 0.0263. The van der Waals surface area contributed by atoms with Crippen LogP contribution in [0.4, 0.5) is 19.0 Å². The van der Waals surface area contributed by atoms with Crippen LogP contribution in [0.5, 0.6) is 0 Å². The molecule has 100 valence electrons. The van der Waals surface area contributed by atoms with Crippen LogP contribution in [0.1, 0.15) is 18.9 Å². The van der Waals surface area contributed by atoms with Crippen molar-refractivity contribution in [1.29, 1.82) is 0 Å². The zero-order valence-electron chi connectivity index (χ0n) is 9.25. The van der Waals surface area contributed by atoms with Gasteiger partial charge < -0.3 is 10.4 Å². The lowest BCUT2D eigenvalue weighted by Gasteiger charge is -2.14.